The Bertz CT molecular complexity index is 771. The van der Waals surface area contributed by atoms with Crippen LogP contribution in [0.15, 0.2) is 41.5 Å². The van der Waals surface area contributed by atoms with Gasteiger partial charge >= 0.3 is 0 Å². The van der Waals surface area contributed by atoms with Gasteiger partial charge in [-0.3, -0.25) is 4.79 Å². The zero-order valence-corrected chi connectivity index (χ0v) is 14.0. The second-order valence-corrected chi connectivity index (χ2v) is 6.35. The summed E-state index contributed by atoms with van der Waals surface area (Å²) in [5.74, 6) is -0.0420. The molecule has 2 aromatic rings. The molecule has 0 spiro atoms. The predicted octanol–water partition coefficient (Wildman–Crippen LogP) is 5.30. The van der Waals surface area contributed by atoms with E-state index < -0.39 is 0 Å². The number of fused-ring (bicyclic) bond motifs is 1. The average molecular weight is 348 g/mol. The van der Waals surface area contributed by atoms with Crippen LogP contribution in [0, 0.1) is 5.53 Å². The Morgan fingerprint density at radius 2 is 1.91 bits per heavy atom. The van der Waals surface area contributed by atoms with Gasteiger partial charge in [-0.15, -0.1) is 0 Å². The van der Waals surface area contributed by atoms with Crippen LogP contribution in [-0.4, -0.2) is 10.8 Å². The molecule has 0 radical (unpaired) electrons. The molecule has 0 aliphatic carbocycles. The highest BCUT2D eigenvalue weighted by atomic mass is 35.5. The molecule has 1 unspecified atom stereocenters. The van der Waals surface area contributed by atoms with Gasteiger partial charge < -0.3 is 4.90 Å². The maximum absolute atomic E-state index is 12.7. The van der Waals surface area contributed by atoms with Crippen LogP contribution in [0.25, 0.3) is 0 Å². The monoisotopic (exact) mass is 347 g/mol. The molecule has 1 heterocycles. The molecule has 3 rings (SSSR count). The van der Waals surface area contributed by atoms with E-state index in [1.807, 2.05) is 19.1 Å². The van der Waals surface area contributed by atoms with Crippen molar-refractivity contribution in [3.8, 4) is 0 Å². The molecule has 1 amide bonds. The van der Waals surface area contributed by atoms with E-state index in [2.05, 4.69) is 5.11 Å². The molecule has 4 nitrogen and oxygen atoms in total. The fourth-order valence-electron chi connectivity index (χ4n) is 2.99. The van der Waals surface area contributed by atoms with Crippen LogP contribution in [0.1, 0.15) is 29.7 Å². The normalized spacial score (nSPS) is 16.3. The minimum atomic E-state index is -0.0551. The Balaban J connectivity index is 1.86. The maximum atomic E-state index is 12.7. The molecule has 0 saturated carbocycles. The SMILES string of the molecule is CC1c2cccc(N=N)c2CN1C(=O)Cc1c(Cl)cccc1Cl. The number of halogens is 2. The molecule has 0 fully saturated rings. The summed E-state index contributed by atoms with van der Waals surface area (Å²) in [5, 5.41) is 4.55. The Morgan fingerprint density at radius 3 is 2.57 bits per heavy atom. The summed E-state index contributed by atoms with van der Waals surface area (Å²) >= 11 is 12.3. The summed E-state index contributed by atoms with van der Waals surface area (Å²) in [6.45, 7) is 2.43. The highest BCUT2D eigenvalue weighted by Gasteiger charge is 2.32. The van der Waals surface area contributed by atoms with Gasteiger partial charge in [-0.2, -0.15) is 5.11 Å². The number of benzene rings is 2. The van der Waals surface area contributed by atoms with Gasteiger partial charge in [-0.25, -0.2) is 5.53 Å². The Morgan fingerprint density at radius 1 is 1.26 bits per heavy atom. The number of hydrogen-bond acceptors (Lipinski definition) is 3. The van der Waals surface area contributed by atoms with Crippen LogP contribution in [-0.2, 0) is 17.8 Å². The van der Waals surface area contributed by atoms with E-state index in [-0.39, 0.29) is 18.4 Å². The lowest BCUT2D eigenvalue weighted by atomic mass is 10.0. The van der Waals surface area contributed by atoms with Crippen LogP contribution < -0.4 is 0 Å². The zero-order valence-electron chi connectivity index (χ0n) is 12.5. The molecule has 1 atom stereocenters. The summed E-state index contributed by atoms with van der Waals surface area (Å²) in [5.41, 5.74) is 10.5. The largest absolute Gasteiger partial charge is 0.331 e. The van der Waals surface area contributed by atoms with Crippen molar-refractivity contribution in [2.24, 2.45) is 5.11 Å². The topological polar surface area (TPSA) is 56.5 Å². The summed E-state index contributed by atoms with van der Waals surface area (Å²) in [6, 6.07) is 10.8. The van der Waals surface area contributed by atoms with E-state index >= 15 is 0 Å². The number of nitrogens with one attached hydrogen (secondary N) is 1. The first-order chi connectivity index (χ1) is 11.0. The van der Waals surface area contributed by atoms with E-state index in [9.17, 15) is 4.79 Å². The summed E-state index contributed by atoms with van der Waals surface area (Å²) < 4.78 is 0. The molecular weight excluding hydrogens is 333 g/mol. The quantitative estimate of drug-likeness (QED) is 0.752. The zero-order chi connectivity index (χ0) is 16.6. The van der Waals surface area contributed by atoms with Crippen molar-refractivity contribution in [1.29, 1.82) is 5.53 Å². The summed E-state index contributed by atoms with van der Waals surface area (Å²) in [6.07, 6.45) is 0.157. The van der Waals surface area contributed by atoms with Crippen molar-refractivity contribution in [3.05, 3.63) is 63.1 Å². The smallest absolute Gasteiger partial charge is 0.227 e. The Kier molecular flexibility index (Phi) is 4.37. The van der Waals surface area contributed by atoms with Gasteiger partial charge in [0.1, 0.15) is 0 Å². The highest BCUT2D eigenvalue weighted by Crippen LogP contribution is 2.39. The number of nitrogens with zero attached hydrogens (tertiary/aromatic N) is 2. The van der Waals surface area contributed by atoms with Gasteiger partial charge in [0.25, 0.3) is 0 Å². The standard InChI is InChI=1S/C17H15Cl2N3O/c1-10-11-4-2-7-16(21-20)13(11)9-22(10)17(23)8-12-14(18)5-3-6-15(12)19/h2-7,10,20H,8-9H2,1H3. The minimum Gasteiger partial charge on any atom is -0.331 e. The van der Waals surface area contributed by atoms with Crippen LogP contribution in [0.5, 0.6) is 0 Å². The van der Waals surface area contributed by atoms with Crippen LogP contribution in [0.2, 0.25) is 10.0 Å². The minimum absolute atomic E-state index is 0.0420. The molecule has 1 aliphatic heterocycles. The fraction of sp³-hybridized carbons (Fsp3) is 0.235. The van der Waals surface area contributed by atoms with E-state index in [0.717, 1.165) is 11.1 Å². The van der Waals surface area contributed by atoms with E-state index in [1.165, 1.54) is 0 Å². The number of amides is 1. The van der Waals surface area contributed by atoms with Crippen molar-refractivity contribution in [2.75, 3.05) is 0 Å². The van der Waals surface area contributed by atoms with Crippen LogP contribution >= 0.6 is 23.2 Å². The van der Waals surface area contributed by atoms with Crippen molar-refractivity contribution in [2.45, 2.75) is 25.9 Å². The molecule has 0 bridgehead atoms. The van der Waals surface area contributed by atoms with E-state index in [4.69, 9.17) is 28.7 Å². The Hall–Kier alpha value is -1.91. The summed E-state index contributed by atoms with van der Waals surface area (Å²) in [7, 11) is 0. The first kappa shape index (κ1) is 16.0. The third kappa shape index (κ3) is 2.84. The second-order valence-electron chi connectivity index (χ2n) is 5.53. The third-order valence-corrected chi connectivity index (χ3v) is 4.97. The van der Waals surface area contributed by atoms with Gasteiger partial charge in [0.15, 0.2) is 0 Å². The third-order valence-electron chi connectivity index (χ3n) is 4.26. The molecular formula is C17H15Cl2N3O. The van der Waals surface area contributed by atoms with Gasteiger partial charge in [0.05, 0.1) is 18.2 Å². The van der Waals surface area contributed by atoms with Gasteiger partial charge in [0, 0.05) is 22.2 Å². The number of carbonyl (C=O) groups is 1. The van der Waals surface area contributed by atoms with Gasteiger partial charge in [0.2, 0.25) is 5.91 Å². The van der Waals surface area contributed by atoms with Crippen molar-refractivity contribution in [1.82, 2.24) is 4.90 Å². The molecule has 6 heteroatoms. The number of rotatable bonds is 3. The molecule has 23 heavy (non-hydrogen) atoms. The number of carbonyl (C=O) groups excluding carboxylic acids is 1. The highest BCUT2D eigenvalue weighted by molar-refractivity contribution is 6.36. The molecule has 2 aromatic carbocycles. The average Bonchev–Trinajstić information content (AvgIpc) is 2.88. The van der Waals surface area contributed by atoms with Crippen molar-refractivity contribution in [3.63, 3.8) is 0 Å². The van der Waals surface area contributed by atoms with Gasteiger partial charge in [-0.05, 0) is 36.2 Å². The fourth-order valence-corrected chi connectivity index (χ4v) is 3.52. The first-order valence-corrected chi connectivity index (χ1v) is 8.00. The second kappa shape index (κ2) is 6.30. The molecule has 0 aromatic heterocycles. The summed E-state index contributed by atoms with van der Waals surface area (Å²) in [4.78, 5) is 14.5. The van der Waals surface area contributed by atoms with Crippen molar-refractivity contribution >= 4 is 34.8 Å². The maximum Gasteiger partial charge on any atom is 0.227 e. The lowest BCUT2D eigenvalue weighted by Crippen LogP contribution is -2.29. The Labute approximate surface area is 144 Å². The van der Waals surface area contributed by atoms with Crippen LogP contribution in [0.4, 0.5) is 5.69 Å². The molecule has 1 N–H and O–H groups in total. The lowest BCUT2D eigenvalue weighted by molar-refractivity contribution is -0.132. The first-order valence-electron chi connectivity index (χ1n) is 7.24. The van der Waals surface area contributed by atoms with E-state index in [1.54, 1.807) is 29.2 Å². The van der Waals surface area contributed by atoms with E-state index in [0.29, 0.717) is 27.8 Å². The number of hydrogen-bond donors (Lipinski definition) is 1. The van der Waals surface area contributed by atoms with Gasteiger partial charge in [-0.1, -0.05) is 41.4 Å². The molecule has 1 aliphatic rings. The molecule has 118 valence electrons. The van der Waals surface area contributed by atoms with Crippen LogP contribution in [0.3, 0.4) is 0 Å². The molecule has 0 saturated heterocycles. The lowest BCUT2D eigenvalue weighted by Gasteiger charge is -2.22. The van der Waals surface area contributed by atoms with Crippen molar-refractivity contribution < 1.29 is 4.79 Å². The predicted molar refractivity (Wildman–Crippen MR) is 90.4 cm³/mol.